The van der Waals surface area contributed by atoms with Gasteiger partial charge in [0.05, 0.1) is 6.61 Å². The Bertz CT molecular complexity index is 247. The number of ether oxygens (including phenoxy) is 1. The standard InChI is InChI=1S/C6H7N.C5H10O2/c7-6-4-2-1-3-5-6;1-3-5(6)7-4-2/h1-5H,7H2;3-4H2,1-2H3. The Balaban J connectivity index is 0.000000241. The number of rotatable bonds is 2. The van der Waals surface area contributed by atoms with Crippen LogP contribution in [-0.4, -0.2) is 12.6 Å². The summed E-state index contributed by atoms with van der Waals surface area (Å²) in [5, 5.41) is 0. The van der Waals surface area contributed by atoms with E-state index in [2.05, 4.69) is 4.74 Å². The highest BCUT2D eigenvalue weighted by Gasteiger charge is 1.91. The highest BCUT2D eigenvalue weighted by Crippen LogP contribution is 1.95. The van der Waals surface area contributed by atoms with Crippen molar-refractivity contribution in [2.24, 2.45) is 0 Å². The lowest BCUT2D eigenvalue weighted by molar-refractivity contribution is -0.142. The van der Waals surface area contributed by atoms with Crippen LogP contribution in [0.25, 0.3) is 0 Å². The van der Waals surface area contributed by atoms with Gasteiger partial charge in [-0.05, 0) is 19.1 Å². The molecular formula is C11H17NO2. The van der Waals surface area contributed by atoms with Crippen LogP contribution in [0.4, 0.5) is 5.69 Å². The molecule has 0 heterocycles. The van der Waals surface area contributed by atoms with Crippen molar-refractivity contribution in [2.45, 2.75) is 20.3 Å². The number of carbonyl (C=O) groups is 1. The van der Waals surface area contributed by atoms with Gasteiger partial charge in [0.25, 0.3) is 0 Å². The molecule has 2 N–H and O–H groups in total. The molecule has 14 heavy (non-hydrogen) atoms. The molecule has 0 fully saturated rings. The van der Waals surface area contributed by atoms with Gasteiger partial charge in [-0.3, -0.25) is 4.79 Å². The van der Waals surface area contributed by atoms with Crippen LogP contribution in [0, 0.1) is 0 Å². The number of esters is 1. The van der Waals surface area contributed by atoms with Gasteiger partial charge in [-0.15, -0.1) is 0 Å². The maximum atomic E-state index is 10.2. The fourth-order valence-corrected chi connectivity index (χ4v) is 0.716. The van der Waals surface area contributed by atoms with E-state index in [0.29, 0.717) is 13.0 Å². The SMILES string of the molecule is CCOC(=O)CC.Nc1ccccc1. The average Bonchev–Trinajstić information content (AvgIpc) is 2.20. The zero-order valence-electron chi connectivity index (χ0n) is 8.69. The fraction of sp³-hybridized carbons (Fsp3) is 0.364. The number of para-hydroxylation sites is 1. The van der Waals surface area contributed by atoms with Gasteiger partial charge in [0, 0.05) is 12.1 Å². The molecule has 0 saturated carbocycles. The lowest BCUT2D eigenvalue weighted by atomic mass is 10.3. The third kappa shape index (κ3) is 7.16. The van der Waals surface area contributed by atoms with Gasteiger partial charge >= 0.3 is 5.97 Å². The third-order valence-corrected chi connectivity index (χ3v) is 1.39. The van der Waals surface area contributed by atoms with Crippen molar-refractivity contribution in [3.05, 3.63) is 30.3 Å². The maximum Gasteiger partial charge on any atom is 0.305 e. The maximum absolute atomic E-state index is 10.2. The Kier molecular flexibility index (Phi) is 7.23. The van der Waals surface area contributed by atoms with Crippen molar-refractivity contribution in [2.75, 3.05) is 12.3 Å². The van der Waals surface area contributed by atoms with E-state index in [0.717, 1.165) is 5.69 Å². The molecule has 1 aromatic rings. The summed E-state index contributed by atoms with van der Waals surface area (Å²) in [4.78, 5) is 10.2. The van der Waals surface area contributed by atoms with E-state index in [1.807, 2.05) is 30.3 Å². The number of benzene rings is 1. The highest BCUT2D eigenvalue weighted by molar-refractivity contribution is 5.68. The van der Waals surface area contributed by atoms with Crippen LogP contribution in [0.2, 0.25) is 0 Å². The molecule has 3 nitrogen and oxygen atoms in total. The molecule has 0 unspecified atom stereocenters. The topological polar surface area (TPSA) is 52.3 Å². The zero-order chi connectivity index (χ0) is 10.8. The molecule has 0 radical (unpaired) electrons. The van der Waals surface area contributed by atoms with Crippen molar-refractivity contribution < 1.29 is 9.53 Å². The lowest BCUT2D eigenvalue weighted by Gasteiger charge is -1.93. The summed E-state index contributed by atoms with van der Waals surface area (Å²) in [6.45, 7) is 4.07. The van der Waals surface area contributed by atoms with Gasteiger partial charge in [-0.1, -0.05) is 25.1 Å². The summed E-state index contributed by atoms with van der Waals surface area (Å²) in [6, 6.07) is 9.49. The van der Waals surface area contributed by atoms with E-state index in [1.54, 1.807) is 13.8 Å². The first-order valence-corrected chi connectivity index (χ1v) is 4.66. The molecule has 1 aromatic carbocycles. The Labute approximate surface area is 84.9 Å². The van der Waals surface area contributed by atoms with Crippen LogP contribution in [0.3, 0.4) is 0 Å². The predicted molar refractivity (Wildman–Crippen MR) is 57.8 cm³/mol. The number of hydrogen-bond donors (Lipinski definition) is 1. The van der Waals surface area contributed by atoms with Crippen LogP contribution >= 0.6 is 0 Å². The summed E-state index contributed by atoms with van der Waals surface area (Å²) in [6.07, 6.45) is 0.480. The molecule has 0 aliphatic heterocycles. The second kappa shape index (κ2) is 8.10. The molecule has 0 saturated heterocycles. The van der Waals surface area contributed by atoms with Crippen LogP contribution < -0.4 is 5.73 Å². The second-order valence-electron chi connectivity index (χ2n) is 2.57. The van der Waals surface area contributed by atoms with Crippen molar-refractivity contribution in [3.63, 3.8) is 0 Å². The predicted octanol–water partition coefficient (Wildman–Crippen LogP) is 2.23. The fourth-order valence-electron chi connectivity index (χ4n) is 0.716. The summed E-state index contributed by atoms with van der Waals surface area (Å²) >= 11 is 0. The molecular weight excluding hydrogens is 178 g/mol. The van der Waals surface area contributed by atoms with Gasteiger partial charge in [-0.2, -0.15) is 0 Å². The van der Waals surface area contributed by atoms with Crippen molar-refractivity contribution in [3.8, 4) is 0 Å². The first kappa shape index (κ1) is 12.5. The van der Waals surface area contributed by atoms with Gasteiger partial charge in [0.2, 0.25) is 0 Å². The van der Waals surface area contributed by atoms with Crippen LogP contribution in [-0.2, 0) is 9.53 Å². The van der Waals surface area contributed by atoms with E-state index >= 15 is 0 Å². The zero-order valence-corrected chi connectivity index (χ0v) is 8.69. The van der Waals surface area contributed by atoms with E-state index in [-0.39, 0.29) is 5.97 Å². The molecule has 3 heteroatoms. The second-order valence-corrected chi connectivity index (χ2v) is 2.57. The van der Waals surface area contributed by atoms with E-state index in [9.17, 15) is 4.79 Å². The number of anilines is 1. The molecule has 0 amide bonds. The molecule has 0 bridgehead atoms. The minimum absolute atomic E-state index is 0.123. The van der Waals surface area contributed by atoms with Crippen molar-refractivity contribution in [1.29, 1.82) is 0 Å². The molecule has 0 aromatic heterocycles. The Morgan fingerprint density at radius 2 is 1.86 bits per heavy atom. The average molecular weight is 195 g/mol. The largest absolute Gasteiger partial charge is 0.466 e. The van der Waals surface area contributed by atoms with Crippen LogP contribution in [0.5, 0.6) is 0 Å². The number of nitrogens with two attached hydrogens (primary N) is 1. The van der Waals surface area contributed by atoms with Gasteiger partial charge in [0.15, 0.2) is 0 Å². The Morgan fingerprint density at radius 1 is 1.29 bits per heavy atom. The molecule has 0 spiro atoms. The molecule has 0 aliphatic rings. The van der Waals surface area contributed by atoms with Crippen LogP contribution in [0.15, 0.2) is 30.3 Å². The number of nitrogen functional groups attached to an aromatic ring is 1. The lowest BCUT2D eigenvalue weighted by Crippen LogP contribution is -2.00. The summed E-state index contributed by atoms with van der Waals surface area (Å²) in [7, 11) is 0. The van der Waals surface area contributed by atoms with E-state index in [1.165, 1.54) is 0 Å². The highest BCUT2D eigenvalue weighted by atomic mass is 16.5. The van der Waals surface area contributed by atoms with Crippen molar-refractivity contribution in [1.82, 2.24) is 0 Å². The van der Waals surface area contributed by atoms with E-state index in [4.69, 9.17) is 5.73 Å². The molecule has 78 valence electrons. The minimum atomic E-state index is -0.123. The number of carbonyl (C=O) groups excluding carboxylic acids is 1. The van der Waals surface area contributed by atoms with Crippen molar-refractivity contribution >= 4 is 11.7 Å². The Morgan fingerprint density at radius 3 is 2.07 bits per heavy atom. The first-order chi connectivity index (χ1) is 6.70. The molecule has 0 atom stereocenters. The van der Waals surface area contributed by atoms with Gasteiger partial charge in [-0.25, -0.2) is 0 Å². The first-order valence-electron chi connectivity index (χ1n) is 4.66. The number of hydrogen-bond acceptors (Lipinski definition) is 3. The molecule has 1 rings (SSSR count). The summed E-state index contributed by atoms with van der Waals surface area (Å²) in [5.74, 6) is -0.123. The van der Waals surface area contributed by atoms with Gasteiger partial charge in [0.1, 0.15) is 0 Å². The normalized spacial score (nSPS) is 8.43. The third-order valence-electron chi connectivity index (χ3n) is 1.39. The monoisotopic (exact) mass is 195 g/mol. The van der Waals surface area contributed by atoms with Gasteiger partial charge < -0.3 is 10.5 Å². The minimum Gasteiger partial charge on any atom is -0.466 e. The summed E-state index contributed by atoms with van der Waals surface area (Å²) in [5.41, 5.74) is 6.18. The van der Waals surface area contributed by atoms with Crippen LogP contribution in [0.1, 0.15) is 20.3 Å². The van der Waals surface area contributed by atoms with E-state index < -0.39 is 0 Å². The molecule has 0 aliphatic carbocycles. The summed E-state index contributed by atoms with van der Waals surface area (Å²) < 4.78 is 4.55. The smallest absolute Gasteiger partial charge is 0.305 e. The quantitative estimate of drug-likeness (QED) is 0.581. The Hall–Kier alpha value is -1.51.